The Morgan fingerprint density at radius 2 is 1.43 bits per heavy atom. The molecule has 132 valence electrons. The van der Waals surface area contributed by atoms with E-state index in [9.17, 15) is 5.11 Å². The summed E-state index contributed by atoms with van der Waals surface area (Å²) < 4.78 is 0. The smallest absolute Gasteiger partial charge is 0.124 e. The minimum absolute atomic E-state index is 0.467. The summed E-state index contributed by atoms with van der Waals surface area (Å²) in [7, 11) is 8.19. The Kier molecular flexibility index (Phi) is 8.64. The highest BCUT2D eigenvalue weighted by molar-refractivity contribution is 5.44. The molecular weight excluding hydrogens is 284 g/mol. The highest BCUT2D eigenvalue weighted by atomic mass is 16.3. The van der Waals surface area contributed by atoms with Crippen LogP contribution in [0.1, 0.15) is 68.6 Å². The number of benzene rings is 1. The van der Waals surface area contributed by atoms with E-state index in [2.05, 4.69) is 35.8 Å². The van der Waals surface area contributed by atoms with Crippen LogP contribution in [0.3, 0.4) is 0 Å². The van der Waals surface area contributed by atoms with Gasteiger partial charge in [-0.25, -0.2) is 0 Å². The maximum Gasteiger partial charge on any atom is 0.124 e. The van der Waals surface area contributed by atoms with Crippen LogP contribution >= 0.6 is 0 Å². The third-order valence-electron chi connectivity index (χ3n) is 4.32. The summed E-state index contributed by atoms with van der Waals surface area (Å²) in [6.07, 6.45) is 6.47. The third kappa shape index (κ3) is 6.92. The van der Waals surface area contributed by atoms with Crippen molar-refractivity contribution >= 4 is 0 Å². The summed E-state index contributed by atoms with van der Waals surface area (Å²) in [4.78, 5) is 4.23. The maximum absolute atomic E-state index is 10.6. The van der Waals surface area contributed by atoms with Gasteiger partial charge in [-0.1, -0.05) is 51.7 Å². The predicted molar refractivity (Wildman–Crippen MR) is 100 cm³/mol. The van der Waals surface area contributed by atoms with E-state index in [-0.39, 0.29) is 0 Å². The van der Waals surface area contributed by atoms with E-state index < -0.39 is 0 Å². The fraction of sp³-hybridized carbons (Fsp3) is 0.700. The lowest BCUT2D eigenvalue weighted by Crippen LogP contribution is -2.15. The van der Waals surface area contributed by atoms with Crippen LogP contribution in [0.5, 0.6) is 5.75 Å². The molecule has 0 aliphatic carbocycles. The number of hydrogen-bond donors (Lipinski definition) is 1. The largest absolute Gasteiger partial charge is 0.507 e. The molecule has 1 aromatic rings. The topological polar surface area (TPSA) is 26.7 Å². The number of phenols is 1. The van der Waals surface area contributed by atoms with Gasteiger partial charge < -0.3 is 14.9 Å². The van der Waals surface area contributed by atoms with Crippen molar-refractivity contribution in [1.82, 2.24) is 9.80 Å². The molecule has 1 N–H and O–H groups in total. The fourth-order valence-corrected chi connectivity index (χ4v) is 3.04. The normalized spacial score (nSPS) is 13.0. The van der Waals surface area contributed by atoms with Gasteiger partial charge in [-0.3, -0.25) is 0 Å². The number of nitrogens with zero attached hydrogens (tertiary/aromatic N) is 2. The van der Waals surface area contributed by atoms with E-state index >= 15 is 0 Å². The van der Waals surface area contributed by atoms with Crippen molar-refractivity contribution in [3.05, 3.63) is 28.8 Å². The standard InChI is InChI=1S/C20H36N2O/c1-7-8-9-10-11-16(2)17-12-18(14-21(3)4)20(23)19(13-17)15-22(5)6/h12-13,16,23H,7-11,14-15H2,1-6H3. The third-order valence-corrected chi connectivity index (χ3v) is 4.32. The molecule has 1 unspecified atom stereocenters. The van der Waals surface area contributed by atoms with Gasteiger partial charge >= 0.3 is 0 Å². The molecule has 1 aromatic carbocycles. The van der Waals surface area contributed by atoms with Crippen LogP contribution in [0.2, 0.25) is 0 Å². The summed E-state index contributed by atoms with van der Waals surface area (Å²) in [5.41, 5.74) is 3.46. The van der Waals surface area contributed by atoms with Crippen molar-refractivity contribution in [3.63, 3.8) is 0 Å². The monoisotopic (exact) mass is 320 g/mol. The lowest BCUT2D eigenvalue weighted by Gasteiger charge is -2.21. The Labute approximate surface area is 143 Å². The van der Waals surface area contributed by atoms with Crippen LogP contribution in [0.15, 0.2) is 12.1 Å². The Morgan fingerprint density at radius 3 is 1.87 bits per heavy atom. The van der Waals surface area contributed by atoms with E-state index in [1.165, 1.54) is 37.7 Å². The van der Waals surface area contributed by atoms with Crippen molar-refractivity contribution in [3.8, 4) is 5.75 Å². The maximum atomic E-state index is 10.6. The molecule has 3 nitrogen and oxygen atoms in total. The van der Waals surface area contributed by atoms with Crippen molar-refractivity contribution in [2.75, 3.05) is 28.2 Å². The average Bonchev–Trinajstić information content (AvgIpc) is 2.46. The van der Waals surface area contributed by atoms with E-state index in [1.54, 1.807) is 0 Å². The van der Waals surface area contributed by atoms with Crippen molar-refractivity contribution in [2.45, 2.75) is 65.0 Å². The summed E-state index contributed by atoms with van der Waals surface area (Å²) in [5.74, 6) is 1.02. The van der Waals surface area contributed by atoms with Crippen molar-refractivity contribution < 1.29 is 5.11 Å². The molecule has 0 aliphatic heterocycles. The number of phenolic OH excluding ortho intramolecular Hbond substituents is 1. The Bertz CT molecular complexity index is 438. The van der Waals surface area contributed by atoms with Gasteiger partial charge in [0.2, 0.25) is 0 Å². The molecule has 0 radical (unpaired) electrons. The van der Waals surface area contributed by atoms with Gasteiger partial charge in [-0.05, 0) is 46.1 Å². The molecule has 0 saturated carbocycles. The lowest BCUT2D eigenvalue weighted by molar-refractivity contribution is 0.367. The van der Waals surface area contributed by atoms with Crippen LogP contribution in [0.25, 0.3) is 0 Å². The lowest BCUT2D eigenvalue weighted by atomic mass is 9.91. The summed E-state index contributed by atoms with van der Waals surface area (Å²) >= 11 is 0. The molecule has 0 aromatic heterocycles. The van der Waals surface area contributed by atoms with Gasteiger partial charge in [-0.2, -0.15) is 0 Å². The van der Waals surface area contributed by atoms with Gasteiger partial charge in [0.05, 0.1) is 0 Å². The van der Waals surface area contributed by atoms with Gasteiger partial charge in [0.1, 0.15) is 5.75 Å². The molecule has 1 atom stereocenters. The van der Waals surface area contributed by atoms with Crippen LogP contribution in [0, 0.1) is 0 Å². The first-order valence-electron chi connectivity index (χ1n) is 8.99. The van der Waals surface area contributed by atoms with E-state index in [4.69, 9.17) is 0 Å². The molecule has 0 saturated heterocycles. The zero-order chi connectivity index (χ0) is 17.4. The molecule has 0 aliphatic rings. The molecule has 3 heteroatoms. The first kappa shape index (κ1) is 20.0. The molecule has 0 spiro atoms. The first-order chi connectivity index (χ1) is 10.8. The SMILES string of the molecule is CCCCCCC(C)c1cc(CN(C)C)c(O)c(CN(C)C)c1. The minimum atomic E-state index is 0.467. The second-order valence-electron chi connectivity index (χ2n) is 7.41. The zero-order valence-electron chi connectivity index (χ0n) is 16.0. The number of rotatable bonds is 10. The van der Waals surface area contributed by atoms with Crippen LogP contribution < -0.4 is 0 Å². The van der Waals surface area contributed by atoms with Crippen molar-refractivity contribution in [2.24, 2.45) is 0 Å². The molecule has 23 heavy (non-hydrogen) atoms. The summed E-state index contributed by atoms with van der Waals surface area (Å²) in [6, 6.07) is 4.41. The molecule has 0 heterocycles. The summed E-state index contributed by atoms with van der Waals surface area (Å²) in [5, 5.41) is 10.6. The average molecular weight is 321 g/mol. The number of aromatic hydroxyl groups is 1. The predicted octanol–water partition coefficient (Wildman–Crippen LogP) is 4.59. The molecule has 1 rings (SSSR count). The van der Waals surface area contributed by atoms with Crippen LogP contribution in [0.4, 0.5) is 0 Å². The molecular formula is C20H36N2O. The Morgan fingerprint density at radius 1 is 0.913 bits per heavy atom. The highest BCUT2D eigenvalue weighted by Crippen LogP contribution is 2.31. The zero-order valence-corrected chi connectivity index (χ0v) is 16.0. The molecule has 0 bridgehead atoms. The Hall–Kier alpha value is -1.06. The molecule has 0 fully saturated rings. The van der Waals surface area contributed by atoms with Crippen LogP contribution in [-0.4, -0.2) is 43.1 Å². The quantitative estimate of drug-likeness (QED) is 0.639. The Balaban J connectivity index is 2.96. The van der Waals surface area contributed by atoms with Crippen LogP contribution in [-0.2, 0) is 13.1 Å². The number of unbranched alkanes of at least 4 members (excludes halogenated alkanes) is 3. The van der Waals surface area contributed by atoms with Gasteiger partial charge in [-0.15, -0.1) is 0 Å². The highest BCUT2D eigenvalue weighted by Gasteiger charge is 2.15. The first-order valence-corrected chi connectivity index (χ1v) is 8.99. The summed E-state index contributed by atoms with van der Waals surface area (Å²) in [6.45, 7) is 6.13. The fourth-order valence-electron chi connectivity index (χ4n) is 3.04. The van der Waals surface area contributed by atoms with Crippen molar-refractivity contribution in [1.29, 1.82) is 0 Å². The van der Waals surface area contributed by atoms with Gasteiger partial charge in [0.15, 0.2) is 0 Å². The second kappa shape index (κ2) is 9.94. The molecule has 0 amide bonds. The van der Waals surface area contributed by atoms with E-state index in [0.717, 1.165) is 24.2 Å². The van der Waals surface area contributed by atoms with Gasteiger partial charge in [0, 0.05) is 24.2 Å². The van der Waals surface area contributed by atoms with E-state index in [0.29, 0.717) is 11.7 Å². The number of hydrogen-bond acceptors (Lipinski definition) is 3. The van der Waals surface area contributed by atoms with Gasteiger partial charge in [0.25, 0.3) is 0 Å². The van der Waals surface area contributed by atoms with E-state index in [1.807, 2.05) is 28.2 Å². The minimum Gasteiger partial charge on any atom is -0.507 e. The second-order valence-corrected chi connectivity index (χ2v) is 7.41.